The number of halogens is 1. The summed E-state index contributed by atoms with van der Waals surface area (Å²) in [6, 6.07) is 12.6. The maximum Gasteiger partial charge on any atom is 0.193 e. The number of aromatic nitrogens is 1. The monoisotopic (exact) mass is 493 g/mol. The Labute approximate surface area is 185 Å². The summed E-state index contributed by atoms with van der Waals surface area (Å²) in [6.45, 7) is 9.16. The molecule has 6 heteroatoms. The minimum Gasteiger partial charge on any atom is -0.370 e. The van der Waals surface area contributed by atoms with Crippen molar-refractivity contribution >= 4 is 41.4 Å². The Hall–Kier alpha value is -1.83. The number of guanidine groups is 1. The van der Waals surface area contributed by atoms with Gasteiger partial charge in [0.2, 0.25) is 0 Å². The zero-order valence-electron chi connectivity index (χ0n) is 17.1. The first-order valence-electron chi connectivity index (χ1n) is 9.95. The number of hydrogen-bond donors (Lipinski definition) is 2. The minimum atomic E-state index is 0. The van der Waals surface area contributed by atoms with Crippen LogP contribution < -0.4 is 16.0 Å². The standard InChI is InChI=1S/C22H31N5.HI/c1-4-16(2)18-9-11-20(12-10-18)26-22(23)24-15-19-8-7-17(3)25-21(19)27-13-5-6-14-27;/h7-12,16H,4-6,13-15H2,1-3H3,(H3,23,24,26);1H. The zero-order chi connectivity index (χ0) is 19.2. The van der Waals surface area contributed by atoms with E-state index >= 15 is 0 Å². The number of aryl methyl sites for hydroxylation is 1. The van der Waals surface area contributed by atoms with Crippen LogP contribution in [0.3, 0.4) is 0 Å². The number of hydrogen-bond acceptors (Lipinski definition) is 3. The molecule has 152 valence electrons. The normalized spacial score (nSPS) is 15.2. The first-order chi connectivity index (χ1) is 13.1. The maximum atomic E-state index is 6.12. The lowest BCUT2D eigenvalue weighted by molar-refractivity contribution is 0.734. The molecule has 0 bridgehead atoms. The van der Waals surface area contributed by atoms with E-state index in [4.69, 9.17) is 10.7 Å². The lowest BCUT2D eigenvalue weighted by atomic mass is 9.99. The van der Waals surface area contributed by atoms with Gasteiger partial charge in [-0.3, -0.25) is 0 Å². The fourth-order valence-corrected chi connectivity index (χ4v) is 3.39. The number of nitrogens with one attached hydrogen (secondary N) is 1. The highest BCUT2D eigenvalue weighted by Gasteiger charge is 2.17. The average molecular weight is 493 g/mol. The summed E-state index contributed by atoms with van der Waals surface area (Å²) in [5.74, 6) is 2.06. The number of benzene rings is 1. The second-order valence-electron chi connectivity index (χ2n) is 7.39. The van der Waals surface area contributed by atoms with Crippen LogP contribution in [0.1, 0.15) is 55.8 Å². The predicted octanol–water partition coefficient (Wildman–Crippen LogP) is 5.05. The second-order valence-corrected chi connectivity index (χ2v) is 7.39. The molecule has 3 rings (SSSR count). The number of nitrogens with two attached hydrogens (primary N) is 1. The molecule has 1 fully saturated rings. The summed E-state index contributed by atoms with van der Waals surface area (Å²) < 4.78 is 0. The van der Waals surface area contributed by atoms with E-state index in [0.29, 0.717) is 18.4 Å². The number of nitrogens with zero attached hydrogens (tertiary/aromatic N) is 3. The molecule has 3 N–H and O–H groups in total. The van der Waals surface area contributed by atoms with Crippen molar-refractivity contribution in [2.24, 2.45) is 10.7 Å². The SMILES string of the molecule is CCC(C)c1ccc(NC(N)=NCc2ccc(C)nc2N2CCCC2)cc1.I. The molecule has 1 aliphatic rings. The molecule has 1 atom stereocenters. The van der Waals surface area contributed by atoms with E-state index in [-0.39, 0.29) is 24.0 Å². The van der Waals surface area contributed by atoms with Crippen LogP contribution in [-0.2, 0) is 6.54 Å². The van der Waals surface area contributed by atoms with Gasteiger partial charge in [0.1, 0.15) is 5.82 Å². The molecule has 0 saturated carbocycles. The lowest BCUT2D eigenvalue weighted by Crippen LogP contribution is -2.23. The van der Waals surface area contributed by atoms with Crippen LogP contribution in [0.15, 0.2) is 41.4 Å². The minimum absolute atomic E-state index is 0. The van der Waals surface area contributed by atoms with Gasteiger partial charge < -0.3 is 16.0 Å². The highest BCUT2D eigenvalue weighted by Crippen LogP contribution is 2.24. The molecule has 0 amide bonds. The predicted molar refractivity (Wildman–Crippen MR) is 130 cm³/mol. The molecule has 1 saturated heterocycles. The van der Waals surface area contributed by atoms with Crippen molar-refractivity contribution in [2.45, 2.75) is 52.5 Å². The van der Waals surface area contributed by atoms with E-state index in [1.54, 1.807) is 0 Å². The van der Waals surface area contributed by atoms with Crippen LogP contribution in [0.2, 0.25) is 0 Å². The average Bonchev–Trinajstić information content (AvgIpc) is 3.21. The van der Waals surface area contributed by atoms with Crippen molar-refractivity contribution in [3.05, 3.63) is 53.2 Å². The largest absolute Gasteiger partial charge is 0.370 e. The Balaban J connectivity index is 0.00000280. The number of rotatable bonds is 6. The van der Waals surface area contributed by atoms with Crippen molar-refractivity contribution in [2.75, 3.05) is 23.3 Å². The molecule has 0 radical (unpaired) electrons. The van der Waals surface area contributed by atoms with Crippen LogP contribution in [0.25, 0.3) is 0 Å². The van der Waals surface area contributed by atoms with Gasteiger partial charge in [-0.1, -0.05) is 32.0 Å². The number of aliphatic imine (C=N–C) groups is 1. The molecular formula is C22H32IN5. The van der Waals surface area contributed by atoms with Crippen molar-refractivity contribution in [1.82, 2.24) is 4.98 Å². The highest BCUT2D eigenvalue weighted by atomic mass is 127. The number of anilines is 2. The first-order valence-corrected chi connectivity index (χ1v) is 9.95. The van der Waals surface area contributed by atoms with Gasteiger partial charge in [0, 0.05) is 30.0 Å². The van der Waals surface area contributed by atoms with Crippen LogP contribution >= 0.6 is 24.0 Å². The molecule has 0 spiro atoms. The summed E-state index contributed by atoms with van der Waals surface area (Å²) >= 11 is 0. The van der Waals surface area contributed by atoms with Gasteiger partial charge in [-0.15, -0.1) is 24.0 Å². The van der Waals surface area contributed by atoms with E-state index in [1.165, 1.54) is 18.4 Å². The summed E-state index contributed by atoms with van der Waals surface area (Å²) in [4.78, 5) is 11.6. The van der Waals surface area contributed by atoms with Gasteiger partial charge in [-0.2, -0.15) is 0 Å². The summed E-state index contributed by atoms with van der Waals surface area (Å²) in [6.07, 6.45) is 3.60. The molecular weight excluding hydrogens is 461 g/mol. The smallest absolute Gasteiger partial charge is 0.193 e. The third kappa shape index (κ3) is 5.83. The Morgan fingerprint density at radius 1 is 1.18 bits per heavy atom. The zero-order valence-corrected chi connectivity index (χ0v) is 19.4. The lowest BCUT2D eigenvalue weighted by Gasteiger charge is -2.20. The van der Waals surface area contributed by atoms with Gasteiger partial charge >= 0.3 is 0 Å². The van der Waals surface area contributed by atoms with Gasteiger partial charge in [-0.25, -0.2) is 9.98 Å². The first kappa shape index (κ1) is 22.5. The molecule has 1 aromatic heterocycles. The van der Waals surface area contributed by atoms with Gasteiger partial charge in [0.25, 0.3) is 0 Å². The molecule has 2 aromatic rings. The molecule has 2 heterocycles. The summed E-state index contributed by atoms with van der Waals surface area (Å²) in [7, 11) is 0. The molecule has 28 heavy (non-hydrogen) atoms. The summed E-state index contributed by atoms with van der Waals surface area (Å²) in [5, 5.41) is 3.19. The molecule has 1 aliphatic heterocycles. The topological polar surface area (TPSA) is 66.5 Å². The van der Waals surface area contributed by atoms with Crippen LogP contribution in [-0.4, -0.2) is 24.0 Å². The van der Waals surface area contributed by atoms with E-state index in [1.807, 2.05) is 13.0 Å². The number of pyridine rings is 1. The maximum absolute atomic E-state index is 6.12. The van der Waals surface area contributed by atoms with Crippen LogP contribution in [0.5, 0.6) is 0 Å². The molecule has 1 unspecified atom stereocenters. The molecule has 5 nitrogen and oxygen atoms in total. The molecule has 1 aromatic carbocycles. The van der Waals surface area contributed by atoms with E-state index in [0.717, 1.165) is 42.3 Å². The van der Waals surface area contributed by atoms with Crippen molar-refractivity contribution < 1.29 is 0 Å². The van der Waals surface area contributed by atoms with Gasteiger partial charge in [0.15, 0.2) is 5.96 Å². The van der Waals surface area contributed by atoms with Crippen LogP contribution in [0.4, 0.5) is 11.5 Å². The Morgan fingerprint density at radius 3 is 2.50 bits per heavy atom. The quantitative estimate of drug-likeness (QED) is 0.336. The third-order valence-corrected chi connectivity index (χ3v) is 5.29. The Bertz CT molecular complexity index is 782. The fourth-order valence-electron chi connectivity index (χ4n) is 3.39. The molecule has 0 aliphatic carbocycles. The van der Waals surface area contributed by atoms with E-state index in [2.05, 4.69) is 59.4 Å². The third-order valence-electron chi connectivity index (χ3n) is 5.29. The van der Waals surface area contributed by atoms with Gasteiger partial charge in [0.05, 0.1) is 6.54 Å². The van der Waals surface area contributed by atoms with Crippen molar-refractivity contribution in [3.63, 3.8) is 0 Å². The summed E-state index contributed by atoms with van der Waals surface area (Å²) in [5.41, 5.74) is 10.6. The highest BCUT2D eigenvalue weighted by molar-refractivity contribution is 14.0. The van der Waals surface area contributed by atoms with Crippen LogP contribution in [0, 0.1) is 6.92 Å². The van der Waals surface area contributed by atoms with Crippen molar-refractivity contribution in [3.8, 4) is 0 Å². The van der Waals surface area contributed by atoms with E-state index < -0.39 is 0 Å². The van der Waals surface area contributed by atoms with Gasteiger partial charge in [-0.05, 0) is 55.9 Å². The van der Waals surface area contributed by atoms with Crippen molar-refractivity contribution in [1.29, 1.82) is 0 Å². The second kappa shape index (κ2) is 10.6. The Morgan fingerprint density at radius 2 is 1.86 bits per heavy atom. The Kier molecular flexibility index (Phi) is 8.54. The fraction of sp³-hybridized carbons (Fsp3) is 0.455. The van der Waals surface area contributed by atoms with E-state index in [9.17, 15) is 0 Å².